The van der Waals surface area contributed by atoms with Crippen LogP contribution in [0.3, 0.4) is 0 Å². The lowest BCUT2D eigenvalue weighted by molar-refractivity contribution is 0.102. The summed E-state index contributed by atoms with van der Waals surface area (Å²) >= 11 is 0. The number of nitrogens with one attached hydrogen (secondary N) is 2. The topological polar surface area (TPSA) is 88.5 Å². The van der Waals surface area contributed by atoms with Crippen LogP contribution in [0.1, 0.15) is 55.7 Å². The molecule has 7 nitrogen and oxygen atoms in total. The van der Waals surface area contributed by atoms with E-state index in [4.69, 9.17) is 0 Å². The first-order chi connectivity index (χ1) is 14.0. The Kier molecular flexibility index (Phi) is 4.88. The zero-order valence-electron chi connectivity index (χ0n) is 17.0. The number of fused-ring (bicyclic) bond motifs is 1. The van der Waals surface area contributed by atoms with E-state index in [2.05, 4.69) is 53.2 Å². The molecule has 4 rings (SSSR count). The Hall–Kier alpha value is -3.48. The van der Waals surface area contributed by atoms with E-state index in [1.807, 2.05) is 41.0 Å². The molecular formula is C22H24N6O. The van der Waals surface area contributed by atoms with E-state index in [1.54, 1.807) is 12.4 Å². The van der Waals surface area contributed by atoms with Crippen LogP contribution in [-0.4, -0.2) is 30.6 Å². The average Bonchev–Trinajstić information content (AvgIpc) is 3.33. The van der Waals surface area contributed by atoms with E-state index in [0.29, 0.717) is 22.9 Å². The lowest BCUT2D eigenvalue weighted by Gasteiger charge is -2.11. The highest BCUT2D eigenvalue weighted by atomic mass is 16.1. The van der Waals surface area contributed by atoms with Crippen molar-refractivity contribution in [1.82, 2.24) is 24.7 Å². The molecule has 0 saturated carbocycles. The minimum absolute atomic E-state index is 0.180. The van der Waals surface area contributed by atoms with Crippen molar-refractivity contribution >= 4 is 22.6 Å². The van der Waals surface area contributed by atoms with E-state index in [9.17, 15) is 4.79 Å². The van der Waals surface area contributed by atoms with Gasteiger partial charge >= 0.3 is 0 Å². The largest absolute Gasteiger partial charge is 0.358 e. The lowest BCUT2D eigenvalue weighted by atomic mass is 10.0. The summed E-state index contributed by atoms with van der Waals surface area (Å²) in [6.07, 6.45) is 1.69. The molecule has 0 unspecified atom stereocenters. The van der Waals surface area contributed by atoms with Crippen LogP contribution in [0.15, 0.2) is 48.8 Å². The SMILES string of the molecule is CC(C)c1[nH]c2ccccc2c1C(=O)Nc1cccc(-c2nncn2C(C)C)n1. The number of carbonyl (C=O) groups excluding carboxylic acids is 1. The number of nitrogens with zero attached hydrogens (tertiary/aromatic N) is 4. The van der Waals surface area contributed by atoms with Crippen molar-refractivity contribution in [3.05, 3.63) is 60.0 Å². The van der Waals surface area contributed by atoms with Crippen molar-refractivity contribution in [2.45, 2.75) is 39.7 Å². The molecule has 0 aliphatic heterocycles. The number of amides is 1. The zero-order valence-corrected chi connectivity index (χ0v) is 17.0. The second kappa shape index (κ2) is 7.50. The van der Waals surface area contributed by atoms with Gasteiger partial charge in [-0.05, 0) is 38.0 Å². The molecule has 0 atom stereocenters. The molecule has 4 aromatic rings. The van der Waals surface area contributed by atoms with Crippen molar-refractivity contribution in [2.75, 3.05) is 5.32 Å². The minimum atomic E-state index is -0.180. The van der Waals surface area contributed by atoms with Gasteiger partial charge in [-0.15, -0.1) is 10.2 Å². The molecule has 1 aromatic carbocycles. The zero-order chi connectivity index (χ0) is 20.5. The van der Waals surface area contributed by atoms with Gasteiger partial charge < -0.3 is 14.9 Å². The number of aromatic amines is 1. The molecule has 0 spiro atoms. The summed E-state index contributed by atoms with van der Waals surface area (Å²) in [5, 5.41) is 12.0. The number of pyridine rings is 1. The van der Waals surface area contributed by atoms with Crippen LogP contribution in [0.4, 0.5) is 5.82 Å². The van der Waals surface area contributed by atoms with Crippen LogP contribution in [-0.2, 0) is 0 Å². The van der Waals surface area contributed by atoms with Gasteiger partial charge in [0, 0.05) is 22.6 Å². The van der Waals surface area contributed by atoms with E-state index in [1.165, 1.54) is 0 Å². The number of hydrogen-bond donors (Lipinski definition) is 2. The van der Waals surface area contributed by atoms with Gasteiger partial charge in [-0.2, -0.15) is 0 Å². The second-order valence-electron chi connectivity index (χ2n) is 7.63. The molecule has 3 aromatic heterocycles. The summed E-state index contributed by atoms with van der Waals surface area (Å²) in [4.78, 5) is 21.2. The van der Waals surface area contributed by atoms with E-state index in [0.717, 1.165) is 16.6 Å². The van der Waals surface area contributed by atoms with Crippen LogP contribution in [0.25, 0.3) is 22.4 Å². The number of para-hydroxylation sites is 1. The van der Waals surface area contributed by atoms with E-state index in [-0.39, 0.29) is 17.9 Å². The second-order valence-corrected chi connectivity index (χ2v) is 7.63. The Morgan fingerprint density at radius 3 is 2.62 bits per heavy atom. The Morgan fingerprint density at radius 2 is 1.86 bits per heavy atom. The summed E-state index contributed by atoms with van der Waals surface area (Å²) < 4.78 is 1.95. The first kappa shape index (κ1) is 18.9. The Bertz CT molecular complexity index is 1170. The molecule has 0 aliphatic rings. The van der Waals surface area contributed by atoms with Crippen molar-refractivity contribution in [1.29, 1.82) is 0 Å². The highest BCUT2D eigenvalue weighted by Gasteiger charge is 2.21. The van der Waals surface area contributed by atoms with Crippen LogP contribution < -0.4 is 5.32 Å². The lowest BCUT2D eigenvalue weighted by Crippen LogP contribution is -2.15. The Balaban J connectivity index is 1.69. The van der Waals surface area contributed by atoms with Gasteiger partial charge in [-0.25, -0.2) is 4.98 Å². The van der Waals surface area contributed by atoms with Crippen molar-refractivity contribution < 1.29 is 4.79 Å². The molecule has 7 heteroatoms. The molecule has 1 amide bonds. The van der Waals surface area contributed by atoms with Crippen molar-refractivity contribution in [3.8, 4) is 11.5 Å². The molecule has 0 saturated heterocycles. The van der Waals surface area contributed by atoms with Crippen LogP contribution in [0.5, 0.6) is 0 Å². The molecule has 0 radical (unpaired) electrons. The molecule has 29 heavy (non-hydrogen) atoms. The van der Waals surface area contributed by atoms with Gasteiger partial charge in [-0.3, -0.25) is 4.79 Å². The van der Waals surface area contributed by atoms with Crippen molar-refractivity contribution in [2.24, 2.45) is 0 Å². The van der Waals surface area contributed by atoms with Gasteiger partial charge in [0.05, 0.1) is 5.56 Å². The number of anilines is 1. The van der Waals surface area contributed by atoms with E-state index >= 15 is 0 Å². The third-order valence-corrected chi connectivity index (χ3v) is 4.89. The highest BCUT2D eigenvalue weighted by molar-refractivity contribution is 6.13. The summed E-state index contributed by atoms with van der Waals surface area (Å²) in [5.74, 6) is 1.16. The first-order valence-electron chi connectivity index (χ1n) is 9.74. The fourth-order valence-electron chi connectivity index (χ4n) is 3.45. The van der Waals surface area contributed by atoms with Crippen LogP contribution in [0.2, 0.25) is 0 Å². The summed E-state index contributed by atoms with van der Waals surface area (Å²) in [6, 6.07) is 13.5. The predicted octanol–water partition coefficient (Wildman–Crippen LogP) is 4.78. The molecule has 2 N–H and O–H groups in total. The maximum absolute atomic E-state index is 13.2. The van der Waals surface area contributed by atoms with Gasteiger partial charge in [0.2, 0.25) is 0 Å². The smallest absolute Gasteiger partial charge is 0.259 e. The maximum Gasteiger partial charge on any atom is 0.259 e. The molecular weight excluding hydrogens is 364 g/mol. The van der Waals surface area contributed by atoms with Gasteiger partial charge in [0.25, 0.3) is 5.91 Å². The summed E-state index contributed by atoms with van der Waals surface area (Å²) in [6.45, 7) is 8.25. The average molecular weight is 388 g/mol. The third-order valence-electron chi connectivity index (χ3n) is 4.89. The highest BCUT2D eigenvalue weighted by Crippen LogP contribution is 2.28. The standard InChI is InChI=1S/C22H24N6O/c1-13(2)20-19(15-8-5-6-9-16(15)25-20)22(29)26-18-11-7-10-17(24-18)21-27-23-12-28(21)14(3)4/h5-14,25H,1-4H3,(H,24,26,29). The number of carbonyl (C=O) groups is 1. The van der Waals surface area contributed by atoms with E-state index < -0.39 is 0 Å². The molecule has 0 bridgehead atoms. The maximum atomic E-state index is 13.2. The van der Waals surface area contributed by atoms with Crippen molar-refractivity contribution in [3.63, 3.8) is 0 Å². The summed E-state index contributed by atoms with van der Waals surface area (Å²) in [7, 11) is 0. The fourth-order valence-corrected chi connectivity index (χ4v) is 3.45. The minimum Gasteiger partial charge on any atom is -0.358 e. The monoisotopic (exact) mass is 388 g/mol. The first-order valence-corrected chi connectivity index (χ1v) is 9.74. The van der Waals surface area contributed by atoms with Gasteiger partial charge in [0.1, 0.15) is 17.8 Å². The van der Waals surface area contributed by atoms with Gasteiger partial charge in [-0.1, -0.05) is 38.1 Å². The normalized spacial score (nSPS) is 11.5. The Labute approximate surface area is 169 Å². The molecule has 0 aliphatic carbocycles. The van der Waals surface area contributed by atoms with Gasteiger partial charge in [0.15, 0.2) is 5.82 Å². The number of aromatic nitrogens is 5. The Morgan fingerprint density at radius 1 is 1.07 bits per heavy atom. The number of benzene rings is 1. The van der Waals surface area contributed by atoms with Crippen LogP contribution in [0, 0.1) is 0 Å². The predicted molar refractivity (Wildman–Crippen MR) is 114 cm³/mol. The molecule has 0 fully saturated rings. The number of rotatable bonds is 5. The quantitative estimate of drug-likeness (QED) is 0.515. The van der Waals surface area contributed by atoms with Crippen LogP contribution >= 0.6 is 0 Å². The fraction of sp³-hybridized carbons (Fsp3) is 0.273. The molecule has 148 valence electrons. The third kappa shape index (κ3) is 3.51. The summed E-state index contributed by atoms with van der Waals surface area (Å²) in [5.41, 5.74) is 3.19. The number of hydrogen-bond acceptors (Lipinski definition) is 4. The molecule has 3 heterocycles. The number of H-pyrrole nitrogens is 1.